The molecule has 0 heterocycles. The second-order valence-electron chi connectivity index (χ2n) is 10.9. The molecule has 4 aliphatic rings. The van der Waals surface area contributed by atoms with Gasteiger partial charge in [-0.3, -0.25) is 0 Å². The summed E-state index contributed by atoms with van der Waals surface area (Å²) in [4.78, 5) is 0. The first-order chi connectivity index (χ1) is 13.3. The van der Waals surface area contributed by atoms with Crippen molar-refractivity contribution in [2.24, 2.45) is 28.6 Å². The number of benzene rings is 1. The molecule has 1 aromatic carbocycles. The van der Waals surface area contributed by atoms with Crippen LogP contribution in [0.3, 0.4) is 0 Å². The van der Waals surface area contributed by atoms with Gasteiger partial charge in [-0.05, 0) is 77.9 Å². The van der Waals surface area contributed by atoms with Crippen LogP contribution >= 0.6 is 0 Å². The van der Waals surface area contributed by atoms with Crippen molar-refractivity contribution in [3.05, 3.63) is 23.8 Å². The van der Waals surface area contributed by atoms with Crippen LogP contribution < -0.4 is 14.8 Å². The van der Waals surface area contributed by atoms with E-state index in [9.17, 15) is 5.11 Å². The Labute approximate surface area is 169 Å². The van der Waals surface area contributed by atoms with Gasteiger partial charge in [0.1, 0.15) is 24.2 Å². The lowest BCUT2D eigenvalue weighted by Gasteiger charge is -2.91. The normalized spacial score (nSPS) is 38.0. The number of hydrogen-bond acceptors (Lipinski definition) is 4. The maximum atomic E-state index is 10.5. The summed E-state index contributed by atoms with van der Waals surface area (Å²) in [5.74, 6) is 4.81. The number of nitrogens with one attached hydrogen (secondary N) is 1. The minimum atomic E-state index is -0.492. The van der Waals surface area contributed by atoms with Gasteiger partial charge >= 0.3 is 0 Å². The van der Waals surface area contributed by atoms with E-state index in [1.165, 1.54) is 25.7 Å². The molecule has 1 aromatic rings. The van der Waals surface area contributed by atoms with Crippen LogP contribution in [0.15, 0.2) is 18.2 Å². The van der Waals surface area contributed by atoms with Crippen molar-refractivity contribution in [1.82, 2.24) is 5.32 Å². The van der Waals surface area contributed by atoms with E-state index in [-0.39, 0.29) is 5.41 Å². The van der Waals surface area contributed by atoms with Crippen LogP contribution in [0, 0.1) is 28.6 Å². The number of ether oxygens (including phenoxy) is 2. The third-order valence-corrected chi connectivity index (χ3v) is 8.63. The van der Waals surface area contributed by atoms with Crippen LogP contribution in [0.5, 0.6) is 11.5 Å². The van der Waals surface area contributed by atoms with Gasteiger partial charge < -0.3 is 19.9 Å². The van der Waals surface area contributed by atoms with E-state index in [1.54, 1.807) is 7.11 Å². The molecule has 0 radical (unpaired) electrons. The number of hydrogen-bond donors (Lipinski definition) is 2. The van der Waals surface area contributed by atoms with Gasteiger partial charge in [-0.1, -0.05) is 20.8 Å². The summed E-state index contributed by atoms with van der Waals surface area (Å²) in [5.41, 5.74) is 2.40. The maximum absolute atomic E-state index is 10.5. The Morgan fingerprint density at radius 1 is 1.18 bits per heavy atom. The second kappa shape index (κ2) is 6.12. The quantitative estimate of drug-likeness (QED) is 0.715. The highest BCUT2D eigenvalue weighted by molar-refractivity contribution is 5.44. The summed E-state index contributed by atoms with van der Waals surface area (Å²) >= 11 is 0. The molecule has 1 spiro atoms. The Bertz CT molecular complexity index is 742. The minimum Gasteiger partial charge on any atom is -0.497 e. The van der Waals surface area contributed by atoms with Gasteiger partial charge in [0, 0.05) is 18.7 Å². The van der Waals surface area contributed by atoms with Gasteiger partial charge in [0.15, 0.2) is 0 Å². The Balaban J connectivity index is 1.12. The SMILES string of the molecule is COc1ccc(OCC(O)CNCC23CC4CC5CC(C2)C543)c(C(C)(C)C)c1. The Hall–Kier alpha value is -1.26. The molecular formula is C24H35NO3. The van der Waals surface area contributed by atoms with Gasteiger partial charge in [0.2, 0.25) is 0 Å². The lowest BCUT2D eigenvalue weighted by molar-refractivity contribution is -0.429. The van der Waals surface area contributed by atoms with Crippen LogP contribution in [0.4, 0.5) is 0 Å². The molecule has 3 unspecified atom stereocenters. The average molecular weight is 386 g/mol. The monoisotopic (exact) mass is 385 g/mol. The Kier molecular flexibility index (Phi) is 4.10. The van der Waals surface area contributed by atoms with E-state index in [4.69, 9.17) is 9.47 Å². The molecule has 0 amide bonds. The summed E-state index contributed by atoms with van der Waals surface area (Å²) in [6.45, 7) is 8.50. The molecule has 4 aliphatic carbocycles. The largest absolute Gasteiger partial charge is 0.497 e. The molecule has 4 fully saturated rings. The first-order valence-electron chi connectivity index (χ1n) is 11.0. The summed E-state index contributed by atoms with van der Waals surface area (Å²) in [6.07, 6.45) is 5.38. The van der Waals surface area contributed by atoms with Crippen molar-refractivity contribution in [2.45, 2.75) is 58.0 Å². The predicted octanol–water partition coefficient (Wildman–Crippen LogP) is 3.76. The lowest BCUT2D eigenvalue weighted by Crippen LogP contribution is -2.86. The molecule has 0 bridgehead atoms. The van der Waals surface area contributed by atoms with E-state index in [0.29, 0.717) is 18.6 Å². The van der Waals surface area contributed by atoms with Gasteiger partial charge in [0.05, 0.1) is 7.11 Å². The highest BCUT2D eigenvalue weighted by Crippen LogP contribution is 2.92. The fourth-order valence-corrected chi connectivity index (χ4v) is 7.53. The molecule has 4 saturated carbocycles. The van der Waals surface area contributed by atoms with Crippen molar-refractivity contribution in [3.8, 4) is 11.5 Å². The molecule has 4 nitrogen and oxygen atoms in total. The van der Waals surface area contributed by atoms with Gasteiger partial charge in [-0.25, -0.2) is 0 Å². The third kappa shape index (κ3) is 2.37. The predicted molar refractivity (Wildman–Crippen MR) is 110 cm³/mol. The molecule has 3 atom stereocenters. The Morgan fingerprint density at radius 2 is 1.89 bits per heavy atom. The average Bonchev–Trinajstić information content (AvgIpc) is 2.58. The van der Waals surface area contributed by atoms with E-state index in [1.807, 2.05) is 18.2 Å². The van der Waals surface area contributed by atoms with Gasteiger partial charge in [-0.2, -0.15) is 0 Å². The number of aliphatic hydroxyl groups excluding tert-OH is 1. The van der Waals surface area contributed by atoms with E-state index in [2.05, 4.69) is 26.1 Å². The molecule has 4 heteroatoms. The Morgan fingerprint density at radius 3 is 2.46 bits per heavy atom. The number of rotatable bonds is 8. The lowest BCUT2D eigenvalue weighted by atomic mass is 9.13. The first kappa shape index (κ1) is 18.7. The minimum absolute atomic E-state index is 0.0465. The smallest absolute Gasteiger partial charge is 0.123 e. The molecule has 2 N–H and O–H groups in total. The standard InChI is InChI=1S/C24H35NO3/c1-22(2,3)20-9-19(27-4)5-6-21(20)28-13-18(26)12-25-14-23-10-16-7-15-8-17(11-23)24(15,16)23/h5-6,9,15-18,25-26H,7-8,10-14H2,1-4H3. The van der Waals surface area contributed by atoms with Crippen molar-refractivity contribution >= 4 is 0 Å². The van der Waals surface area contributed by atoms with Crippen LogP contribution in [-0.4, -0.2) is 38.0 Å². The highest BCUT2D eigenvalue weighted by atomic mass is 16.5. The van der Waals surface area contributed by atoms with E-state index in [0.717, 1.165) is 46.8 Å². The van der Waals surface area contributed by atoms with Crippen LogP contribution in [0.2, 0.25) is 0 Å². The molecule has 5 rings (SSSR count). The summed E-state index contributed by atoms with van der Waals surface area (Å²) in [5, 5.41) is 14.0. The number of aliphatic hydroxyl groups is 1. The van der Waals surface area contributed by atoms with Gasteiger partial charge in [-0.15, -0.1) is 0 Å². The second-order valence-corrected chi connectivity index (χ2v) is 10.9. The van der Waals surface area contributed by atoms with Crippen molar-refractivity contribution < 1.29 is 14.6 Å². The molecule has 154 valence electrons. The summed E-state index contributed by atoms with van der Waals surface area (Å²) in [7, 11) is 1.68. The third-order valence-electron chi connectivity index (χ3n) is 8.63. The van der Waals surface area contributed by atoms with E-state index >= 15 is 0 Å². The van der Waals surface area contributed by atoms with E-state index < -0.39 is 6.10 Å². The van der Waals surface area contributed by atoms with Gasteiger partial charge in [0.25, 0.3) is 0 Å². The summed E-state index contributed by atoms with van der Waals surface area (Å²) in [6, 6.07) is 5.90. The zero-order chi connectivity index (χ0) is 19.7. The van der Waals surface area contributed by atoms with Crippen molar-refractivity contribution in [2.75, 3.05) is 26.8 Å². The molecule has 0 aromatic heterocycles. The molecule has 0 saturated heterocycles. The van der Waals surface area contributed by atoms with Crippen LogP contribution in [0.1, 0.15) is 52.0 Å². The molecule has 28 heavy (non-hydrogen) atoms. The number of methoxy groups -OCH3 is 1. The van der Waals surface area contributed by atoms with Crippen LogP contribution in [-0.2, 0) is 5.41 Å². The topological polar surface area (TPSA) is 50.7 Å². The molecular weight excluding hydrogens is 350 g/mol. The fraction of sp³-hybridized carbons (Fsp3) is 0.750. The zero-order valence-corrected chi connectivity index (χ0v) is 17.8. The summed E-state index contributed by atoms with van der Waals surface area (Å²) < 4.78 is 11.4. The first-order valence-corrected chi connectivity index (χ1v) is 11.0. The zero-order valence-electron chi connectivity index (χ0n) is 17.8. The maximum Gasteiger partial charge on any atom is 0.123 e. The highest BCUT2D eigenvalue weighted by Gasteiger charge is 2.86. The molecule has 0 aliphatic heterocycles. The van der Waals surface area contributed by atoms with Crippen molar-refractivity contribution in [1.29, 1.82) is 0 Å². The fourth-order valence-electron chi connectivity index (χ4n) is 7.53. The van der Waals surface area contributed by atoms with Crippen LogP contribution in [0.25, 0.3) is 0 Å². The van der Waals surface area contributed by atoms with Crippen molar-refractivity contribution in [3.63, 3.8) is 0 Å².